The highest BCUT2D eigenvalue weighted by molar-refractivity contribution is 5.36. The van der Waals surface area contributed by atoms with Gasteiger partial charge in [0.05, 0.1) is 0 Å². The van der Waals surface area contributed by atoms with Crippen LogP contribution in [-0.4, -0.2) is 12.6 Å². The molecule has 1 aromatic carbocycles. The SMILES string of the molecule is CCNC(C)C1(Cc2ccc3c(c2)CCC3)CC1. The van der Waals surface area contributed by atoms with Crippen molar-refractivity contribution in [2.75, 3.05) is 6.54 Å². The number of hydrogen-bond donors (Lipinski definition) is 1. The number of benzene rings is 1. The number of rotatable bonds is 5. The van der Waals surface area contributed by atoms with Crippen molar-refractivity contribution in [1.29, 1.82) is 0 Å². The molecule has 3 rings (SSSR count). The summed E-state index contributed by atoms with van der Waals surface area (Å²) in [6, 6.07) is 7.91. The minimum absolute atomic E-state index is 0.558. The first-order valence-corrected chi connectivity index (χ1v) is 7.57. The Labute approximate surface area is 111 Å². The Balaban J connectivity index is 1.73. The van der Waals surface area contributed by atoms with Crippen LogP contribution in [0.2, 0.25) is 0 Å². The third-order valence-corrected chi connectivity index (χ3v) is 5.04. The predicted molar refractivity (Wildman–Crippen MR) is 77.0 cm³/mol. The summed E-state index contributed by atoms with van der Waals surface area (Å²) in [5.74, 6) is 0. The lowest BCUT2D eigenvalue weighted by Gasteiger charge is -2.24. The van der Waals surface area contributed by atoms with E-state index in [0.717, 1.165) is 6.54 Å². The van der Waals surface area contributed by atoms with Gasteiger partial charge in [-0.1, -0.05) is 25.1 Å². The average molecular weight is 243 g/mol. The zero-order valence-electron chi connectivity index (χ0n) is 11.8. The van der Waals surface area contributed by atoms with Gasteiger partial charge < -0.3 is 5.32 Å². The van der Waals surface area contributed by atoms with E-state index in [1.807, 2.05) is 0 Å². The zero-order valence-corrected chi connectivity index (χ0v) is 11.8. The fourth-order valence-corrected chi connectivity index (χ4v) is 3.59. The summed E-state index contributed by atoms with van der Waals surface area (Å²) < 4.78 is 0. The van der Waals surface area contributed by atoms with E-state index in [2.05, 4.69) is 37.4 Å². The van der Waals surface area contributed by atoms with E-state index in [9.17, 15) is 0 Å². The quantitative estimate of drug-likeness (QED) is 0.834. The number of hydrogen-bond acceptors (Lipinski definition) is 1. The van der Waals surface area contributed by atoms with Crippen LogP contribution < -0.4 is 5.32 Å². The van der Waals surface area contributed by atoms with Crippen molar-refractivity contribution < 1.29 is 0 Å². The van der Waals surface area contributed by atoms with Crippen LogP contribution in [0.3, 0.4) is 0 Å². The smallest absolute Gasteiger partial charge is 0.00982 e. The maximum absolute atomic E-state index is 3.62. The van der Waals surface area contributed by atoms with Crippen molar-refractivity contribution >= 4 is 0 Å². The molecule has 1 fully saturated rings. The van der Waals surface area contributed by atoms with Crippen LogP contribution >= 0.6 is 0 Å². The van der Waals surface area contributed by atoms with Crippen LogP contribution in [0.5, 0.6) is 0 Å². The third-order valence-electron chi connectivity index (χ3n) is 5.04. The molecule has 0 aliphatic heterocycles. The molecule has 0 aromatic heterocycles. The van der Waals surface area contributed by atoms with Gasteiger partial charge in [0.15, 0.2) is 0 Å². The minimum atomic E-state index is 0.558. The van der Waals surface area contributed by atoms with Crippen molar-refractivity contribution in [3.8, 4) is 0 Å². The second-order valence-electron chi connectivity index (χ2n) is 6.28. The van der Waals surface area contributed by atoms with Gasteiger partial charge in [-0.15, -0.1) is 0 Å². The van der Waals surface area contributed by atoms with Gasteiger partial charge in [-0.3, -0.25) is 0 Å². The normalized spacial score (nSPS) is 21.7. The highest BCUT2D eigenvalue weighted by Gasteiger charge is 2.46. The van der Waals surface area contributed by atoms with Crippen LogP contribution in [0.15, 0.2) is 18.2 Å². The minimum Gasteiger partial charge on any atom is -0.314 e. The predicted octanol–water partition coefficient (Wildman–Crippen LogP) is 3.50. The molecule has 2 aliphatic rings. The van der Waals surface area contributed by atoms with Gasteiger partial charge in [0.25, 0.3) is 0 Å². The molecule has 1 saturated carbocycles. The Kier molecular flexibility index (Phi) is 3.19. The van der Waals surface area contributed by atoms with Crippen molar-refractivity contribution in [3.63, 3.8) is 0 Å². The Morgan fingerprint density at radius 3 is 2.72 bits per heavy atom. The molecule has 1 unspecified atom stereocenters. The fraction of sp³-hybridized carbons (Fsp3) is 0.647. The van der Waals surface area contributed by atoms with E-state index < -0.39 is 0 Å². The molecule has 1 atom stereocenters. The summed E-state index contributed by atoms with van der Waals surface area (Å²) >= 11 is 0. The van der Waals surface area contributed by atoms with Crippen LogP contribution in [0, 0.1) is 5.41 Å². The second kappa shape index (κ2) is 4.70. The van der Waals surface area contributed by atoms with Crippen LogP contribution in [0.4, 0.5) is 0 Å². The molecule has 0 amide bonds. The number of aryl methyl sites for hydroxylation is 2. The van der Waals surface area contributed by atoms with Crippen molar-refractivity contribution in [1.82, 2.24) is 5.32 Å². The summed E-state index contributed by atoms with van der Waals surface area (Å²) in [5.41, 5.74) is 5.35. The summed E-state index contributed by atoms with van der Waals surface area (Å²) in [4.78, 5) is 0. The van der Waals surface area contributed by atoms with E-state index in [1.165, 1.54) is 38.5 Å². The first kappa shape index (κ1) is 12.2. The highest BCUT2D eigenvalue weighted by atomic mass is 14.9. The second-order valence-corrected chi connectivity index (χ2v) is 6.28. The molecule has 0 bridgehead atoms. The summed E-state index contributed by atoms with van der Waals surface area (Å²) in [7, 11) is 0. The van der Waals surface area contributed by atoms with Crippen molar-refractivity contribution in [2.45, 2.75) is 58.4 Å². The summed E-state index contributed by atoms with van der Waals surface area (Å²) in [5, 5.41) is 3.62. The first-order chi connectivity index (χ1) is 8.73. The van der Waals surface area contributed by atoms with E-state index in [-0.39, 0.29) is 0 Å². The van der Waals surface area contributed by atoms with Gasteiger partial charge in [-0.2, -0.15) is 0 Å². The van der Waals surface area contributed by atoms with Gasteiger partial charge >= 0.3 is 0 Å². The molecule has 1 heteroatoms. The molecule has 0 spiro atoms. The topological polar surface area (TPSA) is 12.0 Å². The van der Waals surface area contributed by atoms with E-state index in [0.29, 0.717) is 11.5 Å². The van der Waals surface area contributed by atoms with Gasteiger partial charge in [0, 0.05) is 6.04 Å². The molecule has 0 saturated heterocycles. The Morgan fingerprint density at radius 1 is 1.22 bits per heavy atom. The lowest BCUT2D eigenvalue weighted by molar-refractivity contribution is 0.355. The van der Waals surface area contributed by atoms with Gasteiger partial charge in [0.2, 0.25) is 0 Å². The van der Waals surface area contributed by atoms with Gasteiger partial charge in [-0.05, 0) is 74.1 Å². The Bertz CT molecular complexity index is 431. The first-order valence-electron chi connectivity index (χ1n) is 7.57. The molecule has 0 radical (unpaired) electrons. The molecule has 18 heavy (non-hydrogen) atoms. The molecule has 1 N–H and O–H groups in total. The summed E-state index contributed by atoms with van der Waals surface area (Å²) in [6.07, 6.45) is 8.04. The fourth-order valence-electron chi connectivity index (χ4n) is 3.59. The standard InChI is InChI=1S/C17H25N/c1-3-18-13(2)17(9-10-17)12-14-7-8-15-5-4-6-16(15)11-14/h7-8,11,13,18H,3-6,9-10,12H2,1-2H3. The maximum Gasteiger partial charge on any atom is 0.00982 e. The van der Waals surface area contributed by atoms with Gasteiger partial charge in [-0.25, -0.2) is 0 Å². The van der Waals surface area contributed by atoms with Gasteiger partial charge in [0.1, 0.15) is 0 Å². The largest absolute Gasteiger partial charge is 0.314 e. The van der Waals surface area contributed by atoms with Crippen LogP contribution in [0.25, 0.3) is 0 Å². The molecular weight excluding hydrogens is 218 g/mol. The highest BCUT2D eigenvalue weighted by Crippen LogP contribution is 2.51. The molecule has 1 nitrogen and oxygen atoms in total. The van der Waals surface area contributed by atoms with E-state index in [1.54, 1.807) is 16.7 Å². The zero-order chi connectivity index (χ0) is 12.6. The molecule has 98 valence electrons. The lowest BCUT2D eigenvalue weighted by Crippen LogP contribution is -2.35. The maximum atomic E-state index is 3.62. The van der Waals surface area contributed by atoms with Crippen LogP contribution in [-0.2, 0) is 19.3 Å². The molecule has 2 aliphatic carbocycles. The van der Waals surface area contributed by atoms with Crippen molar-refractivity contribution in [2.24, 2.45) is 5.41 Å². The molecular formula is C17H25N. The van der Waals surface area contributed by atoms with Crippen molar-refractivity contribution in [3.05, 3.63) is 34.9 Å². The summed E-state index contributed by atoms with van der Waals surface area (Å²) in [6.45, 7) is 5.67. The third kappa shape index (κ3) is 2.21. The number of nitrogens with one attached hydrogen (secondary N) is 1. The average Bonchev–Trinajstić information content (AvgIpc) is 3.00. The van der Waals surface area contributed by atoms with E-state index in [4.69, 9.17) is 0 Å². The number of fused-ring (bicyclic) bond motifs is 1. The Hall–Kier alpha value is -0.820. The van der Waals surface area contributed by atoms with Crippen LogP contribution in [0.1, 0.15) is 49.8 Å². The monoisotopic (exact) mass is 243 g/mol. The lowest BCUT2D eigenvalue weighted by atomic mass is 9.89. The molecule has 1 aromatic rings. The Morgan fingerprint density at radius 2 is 2.00 bits per heavy atom. The molecule has 0 heterocycles. The van der Waals surface area contributed by atoms with E-state index >= 15 is 0 Å².